The SMILES string of the molecule is CC(C)(C)C(=O)NC[C@H]1[C@H]2C[C@H](CN(C(=O)C3CC=CC3)C2)c2cccc(=O)n21. The van der Waals surface area contributed by atoms with Gasteiger partial charge in [-0.3, -0.25) is 14.4 Å². The number of nitrogens with zero attached hydrogens (tertiary/aromatic N) is 2. The molecule has 2 bridgehead atoms. The number of fused-ring (bicyclic) bond motifs is 4. The highest BCUT2D eigenvalue weighted by molar-refractivity contribution is 5.81. The van der Waals surface area contributed by atoms with Gasteiger partial charge in [0.25, 0.3) is 5.56 Å². The average Bonchev–Trinajstić information content (AvgIpc) is 3.21. The molecule has 2 amide bonds. The second-order valence-electron chi connectivity index (χ2n) is 9.76. The Morgan fingerprint density at radius 2 is 1.86 bits per heavy atom. The normalized spacial score (nSPS) is 26.3. The number of carbonyl (C=O) groups is 2. The molecule has 0 saturated carbocycles. The van der Waals surface area contributed by atoms with Crippen LogP contribution < -0.4 is 10.9 Å². The van der Waals surface area contributed by atoms with Crippen LogP contribution >= 0.6 is 0 Å². The molecular weight excluding hydrogens is 366 g/mol. The highest BCUT2D eigenvalue weighted by Gasteiger charge is 2.43. The van der Waals surface area contributed by atoms with Crippen LogP contribution in [0.1, 0.15) is 57.7 Å². The van der Waals surface area contributed by atoms with Crippen molar-refractivity contribution in [3.63, 3.8) is 0 Å². The van der Waals surface area contributed by atoms with Crippen LogP contribution in [0.25, 0.3) is 0 Å². The van der Waals surface area contributed by atoms with Gasteiger partial charge in [-0.2, -0.15) is 0 Å². The molecule has 2 aliphatic heterocycles. The van der Waals surface area contributed by atoms with E-state index in [-0.39, 0.29) is 41.2 Å². The Hall–Kier alpha value is -2.37. The Morgan fingerprint density at radius 1 is 1.14 bits per heavy atom. The van der Waals surface area contributed by atoms with Crippen molar-refractivity contribution in [2.45, 2.75) is 52.0 Å². The summed E-state index contributed by atoms with van der Waals surface area (Å²) in [5, 5.41) is 3.05. The molecule has 4 rings (SSSR count). The van der Waals surface area contributed by atoms with Crippen molar-refractivity contribution in [3.8, 4) is 0 Å². The molecule has 3 heterocycles. The molecule has 0 spiro atoms. The van der Waals surface area contributed by atoms with Crippen LogP contribution in [0.15, 0.2) is 35.1 Å². The number of amides is 2. The Balaban J connectivity index is 1.61. The van der Waals surface area contributed by atoms with Gasteiger partial charge in [0.1, 0.15) is 0 Å². The Morgan fingerprint density at radius 3 is 2.55 bits per heavy atom. The molecule has 0 aromatic carbocycles. The van der Waals surface area contributed by atoms with E-state index in [2.05, 4.69) is 17.5 Å². The topological polar surface area (TPSA) is 71.4 Å². The third-order valence-corrected chi connectivity index (χ3v) is 6.62. The van der Waals surface area contributed by atoms with Crippen LogP contribution in [0.4, 0.5) is 0 Å². The van der Waals surface area contributed by atoms with Gasteiger partial charge in [0, 0.05) is 48.6 Å². The standard InChI is InChI=1S/C23H31N3O3/c1-23(2,3)22(29)24-12-19-17-11-16(18-9-6-10-20(27)26(18)19)13-25(14-17)21(28)15-7-4-5-8-15/h4-6,9-10,15-17,19H,7-8,11-14H2,1-3H3,(H,24,29)/t16-,17+,19+/m1/s1. The lowest BCUT2D eigenvalue weighted by molar-refractivity contribution is -0.138. The van der Waals surface area contributed by atoms with E-state index >= 15 is 0 Å². The third kappa shape index (κ3) is 3.77. The zero-order valence-electron chi connectivity index (χ0n) is 17.6. The summed E-state index contributed by atoms with van der Waals surface area (Å²) in [6.45, 7) is 7.40. The molecule has 1 fully saturated rings. The molecule has 6 heteroatoms. The molecule has 0 radical (unpaired) electrons. The number of rotatable bonds is 3. The maximum Gasteiger partial charge on any atom is 0.251 e. The molecule has 1 aromatic rings. The highest BCUT2D eigenvalue weighted by Crippen LogP contribution is 2.41. The number of piperidine rings is 1. The zero-order valence-corrected chi connectivity index (χ0v) is 17.6. The van der Waals surface area contributed by atoms with Gasteiger partial charge in [-0.15, -0.1) is 0 Å². The first kappa shape index (κ1) is 19.9. The van der Waals surface area contributed by atoms with Crippen molar-refractivity contribution in [1.29, 1.82) is 0 Å². The second-order valence-corrected chi connectivity index (χ2v) is 9.76. The molecule has 1 aromatic heterocycles. The molecule has 29 heavy (non-hydrogen) atoms. The predicted octanol–water partition coefficient (Wildman–Crippen LogP) is 2.46. The van der Waals surface area contributed by atoms with Gasteiger partial charge in [-0.05, 0) is 31.2 Å². The lowest BCUT2D eigenvalue weighted by Crippen LogP contribution is -2.54. The minimum Gasteiger partial charge on any atom is -0.354 e. The van der Waals surface area contributed by atoms with E-state index in [9.17, 15) is 14.4 Å². The first-order valence-corrected chi connectivity index (χ1v) is 10.7. The number of nitrogens with one attached hydrogen (secondary N) is 1. The molecule has 3 aliphatic rings. The minimum absolute atomic E-state index is 0.0213. The smallest absolute Gasteiger partial charge is 0.251 e. The summed E-state index contributed by atoms with van der Waals surface area (Å²) in [5.74, 6) is 0.612. The average molecular weight is 398 g/mol. The van der Waals surface area contributed by atoms with Crippen LogP contribution in [-0.4, -0.2) is 40.9 Å². The van der Waals surface area contributed by atoms with E-state index in [4.69, 9.17) is 0 Å². The van der Waals surface area contributed by atoms with E-state index in [1.165, 1.54) is 0 Å². The first-order valence-electron chi connectivity index (χ1n) is 10.7. The van der Waals surface area contributed by atoms with Crippen LogP contribution in [0.5, 0.6) is 0 Å². The maximum atomic E-state index is 13.1. The summed E-state index contributed by atoms with van der Waals surface area (Å²) in [7, 11) is 0. The van der Waals surface area contributed by atoms with Gasteiger partial charge < -0.3 is 14.8 Å². The number of hydrogen-bond acceptors (Lipinski definition) is 3. The number of pyridine rings is 1. The predicted molar refractivity (Wildman–Crippen MR) is 111 cm³/mol. The second kappa shape index (κ2) is 7.47. The largest absolute Gasteiger partial charge is 0.354 e. The minimum atomic E-state index is -0.480. The third-order valence-electron chi connectivity index (χ3n) is 6.62. The number of likely N-dealkylation sites (tertiary alicyclic amines) is 1. The van der Waals surface area contributed by atoms with Gasteiger partial charge in [0.15, 0.2) is 0 Å². The van der Waals surface area contributed by atoms with Crippen molar-refractivity contribution < 1.29 is 9.59 Å². The monoisotopic (exact) mass is 397 g/mol. The number of carbonyl (C=O) groups excluding carboxylic acids is 2. The van der Waals surface area contributed by atoms with Crippen molar-refractivity contribution in [2.75, 3.05) is 19.6 Å². The Labute approximate surface area is 172 Å². The first-order chi connectivity index (χ1) is 13.8. The lowest BCUT2D eigenvalue weighted by atomic mass is 9.78. The van der Waals surface area contributed by atoms with E-state index in [0.717, 1.165) is 25.0 Å². The molecule has 6 nitrogen and oxygen atoms in total. The van der Waals surface area contributed by atoms with Crippen molar-refractivity contribution in [1.82, 2.24) is 14.8 Å². The van der Waals surface area contributed by atoms with Crippen LogP contribution in [-0.2, 0) is 9.59 Å². The fourth-order valence-corrected chi connectivity index (χ4v) is 5.02. The van der Waals surface area contributed by atoms with Crippen molar-refractivity contribution >= 4 is 11.8 Å². The number of allylic oxidation sites excluding steroid dienone is 2. The van der Waals surface area contributed by atoms with Crippen molar-refractivity contribution in [2.24, 2.45) is 17.3 Å². The zero-order chi connectivity index (χ0) is 20.8. The number of aromatic nitrogens is 1. The number of hydrogen-bond donors (Lipinski definition) is 1. The van der Waals surface area contributed by atoms with Gasteiger partial charge in [0.05, 0.1) is 6.04 Å². The van der Waals surface area contributed by atoms with Crippen LogP contribution in [0, 0.1) is 17.3 Å². The summed E-state index contributed by atoms with van der Waals surface area (Å²) >= 11 is 0. The van der Waals surface area contributed by atoms with Crippen LogP contribution in [0.3, 0.4) is 0 Å². The molecule has 1 saturated heterocycles. The molecule has 1 N–H and O–H groups in total. The van der Waals surface area contributed by atoms with Gasteiger partial charge in [-0.1, -0.05) is 39.0 Å². The lowest BCUT2D eigenvalue weighted by Gasteiger charge is -2.47. The van der Waals surface area contributed by atoms with Gasteiger partial charge in [0.2, 0.25) is 11.8 Å². The maximum absolute atomic E-state index is 13.1. The Bertz CT molecular complexity index is 887. The van der Waals surface area contributed by atoms with Gasteiger partial charge >= 0.3 is 0 Å². The molecule has 1 aliphatic carbocycles. The summed E-state index contributed by atoms with van der Waals surface area (Å²) < 4.78 is 1.88. The summed E-state index contributed by atoms with van der Waals surface area (Å²) in [4.78, 5) is 40.3. The Kier molecular flexibility index (Phi) is 5.13. The fourth-order valence-electron chi connectivity index (χ4n) is 5.02. The summed E-state index contributed by atoms with van der Waals surface area (Å²) in [6.07, 6.45) is 6.78. The van der Waals surface area contributed by atoms with E-state index < -0.39 is 5.41 Å². The highest BCUT2D eigenvalue weighted by atomic mass is 16.2. The van der Waals surface area contributed by atoms with Gasteiger partial charge in [-0.25, -0.2) is 0 Å². The van der Waals surface area contributed by atoms with E-state index in [1.807, 2.05) is 36.3 Å². The van der Waals surface area contributed by atoms with Crippen LogP contribution in [0.2, 0.25) is 0 Å². The quantitative estimate of drug-likeness (QED) is 0.797. The summed E-state index contributed by atoms with van der Waals surface area (Å²) in [5.41, 5.74) is 0.490. The van der Waals surface area contributed by atoms with Crippen molar-refractivity contribution in [3.05, 3.63) is 46.4 Å². The van der Waals surface area contributed by atoms with E-state index in [0.29, 0.717) is 19.6 Å². The fraction of sp³-hybridized carbons (Fsp3) is 0.609. The van der Waals surface area contributed by atoms with E-state index in [1.54, 1.807) is 12.1 Å². The molecule has 156 valence electrons. The molecule has 0 unspecified atom stereocenters. The molecule has 3 atom stereocenters. The molecular formula is C23H31N3O3. The summed E-state index contributed by atoms with van der Waals surface area (Å²) in [6, 6.07) is 5.28.